The van der Waals surface area contributed by atoms with Crippen molar-refractivity contribution >= 4 is 76.3 Å². The zero-order chi connectivity index (χ0) is 28.1. The number of aromatic nitrogens is 2. The summed E-state index contributed by atoms with van der Waals surface area (Å²) < 4.78 is 11.4. The van der Waals surface area contributed by atoms with Crippen molar-refractivity contribution in [1.82, 2.24) is 9.13 Å². The molecule has 0 aliphatic heterocycles. The third-order valence-corrected chi connectivity index (χ3v) is 9.07. The van der Waals surface area contributed by atoms with Crippen molar-refractivity contribution in [1.29, 1.82) is 0 Å². The fourth-order valence-electron chi connectivity index (χ4n) is 7.18. The van der Waals surface area contributed by atoms with Crippen LogP contribution in [0.2, 0.25) is 0 Å². The Kier molecular flexibility index (Phi) is 4.45. The molecular formula is C40H24N2O. The molecule has 0 aliphatic rings. The minimum absolute atomic E-state index is 0.911. The average molecular weight is 549 g/mol. The van der Waals surface area contributed by atoms with Crippen molar-refractivity contribution in [2.45, 2.75) is 0 Å². The van der Waals surface area contributed by atoms with Gasteiger partial charge in [0.15, 0.2) is 5.58 Å². The quantitative estimate of drug-likeness (QED) is 0.211. The molecule has 0 bridgehead atoms. The van der Waals surface area contributed by atoms with Crippen LogP contribution in [-0.2, 0) is 0 Å². The Morgan fingerprint density at radius 3 is 1.98 bits per heavy atom. The molecule has 43 heavy (non-hydrogen) atoms. The molecule has 10 aromatic rings. The van der Waals surface area contributed by atoms with E-state index in [1.54, 1.807) is 0 Å². The van der Waals surface area contributed by atoms with Crippen molar-refractivity contribution in [3.63, 3.8) is 0 Å². The Bertz CT molecular complexity index is 2720. The molecule has 200 valence electrons. The molecule has 0 amide bonds. The lowest BCUT2D eigenvalue weighted by Crippen LogP contribution is -1.96. The molecule has 3 aromatic heterocycles. The molecule has 0 saturated carbocycles. The number of benzene rings is 7. The second kappa shape index (κ2) is 8.37. The maximum absolute atomic E-state index is 6.61. The number of rotatable bonds is 2. The minimum atomic E-state index is 0.911. The molecule has 0 unspecified atom stereocenters. The Morgan fingerprint density at radius 1 is 0.372 bits per heavy atom. The summed E-state index contributed by atoms with van der Waals surface area (Å²) in [5.74, 6) is 0. The van der Waals surface area contributed by atoms with Crippen LogP contribution in [0.4, 0.5) is 0 Å². The van der Waals surface area contributed by atoms with E-state index in [0.29, 0.717) is 0 Å². The summed E-state index contributed by atoms with van der Waals surface area (Å²) in [6, 6.07) is 52.3. The maximum atomic E-state index is 6.61. The van der Waals surface area contributed by atoms with Crippen LogP contribution in [0.15, 0.2) is 150 Å². The Morgan fingerprint density at radius 2 is 1.07 bits per heavy atom. The van der Waals surface area contributed by atoms with Gasteiger partial charge < -0.3 is 13.6 Å². The summed E-state index contributed by atoms with van der Waals surface area (Å²) in [5.41, 5.74) is 8.75. The van der Waals surface area contributed by atoms with E-state index in [0.717, 1.165) is 44.3 Å². The first kappa shape index (κ1) is 22.8. The van der Waals surface area contributed by atoms with E-state index in [2.05, 4.69) is 149 Å². The Balaban J connectivity index is 1.40. The highest BCUT2D eigenvalue weighted by Crippen LogP contribution is 2.43. The Labute approximate surface area is 246 Å². The smallest absolute Gasteiger partial charge is 0.160 e. The minimum Gasteiger partial charge on any atom is -0.454 e. The Hall–Kier alpha value is -5.80. The lowest BCUT2D eigenvalue weighted by atomic mass is 10.1. The number of fused-ring (bicyclic) bond motifs is 11. The first-order chi connectivity index (χ1) is 21.3. The lowest BCUT2D eigenvalue weighted by Gasteiger charge is -2.11. The van der Waals surface area contributed by atoms with Gasteiger partial charge in [0.2, 0.25) is 0 Å². The van der Waals surface area contributed by atoms with Crippen LogP contribution in [0.3, 0.4) is 0 Å². The normalized spacial score (nSPS) is 12.2. The second-order valence-corrected chi connectivity index (χ2v) is 11.4. The van der Waals surface area contributed by atoms with Crippen molar-refractivity contribution in [3.05, 3.63) is 146 Å². The first-order valence-corrected chi connectivity index (χ1v) is 14.7. The third-order valence-electron chi connectivity index (χ3n) is 9.07. The number of nitrogens with zero attached hydrogens (tertiary/aromatic N) is 2. The fraction of sp³-hybridized carbons (Fsp3) is 0. The van der Waals surface area contributed by atoms with Crippen molar-refractivity contribution < 1.29 is 4.42 Å². The van der Waals surface area contributed by atoms with Gasteiger partial charge in [-0.3, -0.25) is 0 Å². The van der Waals surface area contributed by atoms with E-state index in [4.69, 9.17) is 4.42 Å². The van der Waals surface area contributed by atoms with Gasteiger partial charge >= 0.3 is 0 Å². The van der Waals surface area contributed by atoms with Crippen molar-refractivity contribution in [3.8, 4) is 11.4 Å². The predicted octanol–water partition coefficient (Wildman–Crippen LogP) is 10.9. The van der Waals surface area contributed by atoms with Gasteiger partial charge in [-0.2, -0.15) is 0 Å². The van der Waals surface area contributed by atoms with Gasteiger partial charge in [0.25, 0.3) is 0 Å². The summed E-state index contributed by atoms with van der Waals surface area (Å²) >= 11 is 0. The largest absolute Gasteiger partial charge is 0.454 e. The predicted molar refractivity (Wildman–Crippen MR) is 180 cm³/mol. The summed E-state index contributed by atoms with van der Waals surface area (Å²) in [6.07, 6.45) is 0. The van der Waals surface area contributed by atoms with Crippen LogP contribution >= 0.6 is 0 Å². The molecule has 0 saturated heterocycles. The number of hydrogen-bond donors (Lipinski definition) is 0. The van der Waals surface area contributed by atoms with Crippen molar-refractivity contribution in [2.24, 2.45) is 0 Å². The third kappa shape index (κ3) is 3.08. The lowest BCUT2D eigenvalue weighted by molar-refractivity contribution is 0.671. The van der Waals surface area contributed by atoms with Crippen LogP contribution < -0.4 is 0 Å². The fourth-order valence-corrected chi connectivity index (χ4v) is 7.18. The molecule has 7 aromatic carbocycles. The molecule has 0 spiro atoms. The van der Waals surface area contributed by atoms with E-state index in [1.807, 2.05) is 6.07 Å². The van der Waals surface area contributed by atoms with Gasteiger partial charge in [0.1, 0.15) is 5.58 Å². The molecular weight excluding hydrogens is 524 g/mol. The van der Waals surface area contributed by atoms with Crippen LogP contribution in [0.5, 0.6) is 0 Å². The summed E-state index contributed by atoms with van der Waals surface area (Å²) in [4.78, 5) is 0. The number of para-hydroxylation sites is 3. The zero-order valence-electron chi connectivity index (χ0n) is 23.2. The maximum Gasteiger partial charge on any atom is 0.160 e. The van der Waals surface area contributed by atoms with Gasteiger partial charge in [0, 0.05) is 43.7 Å². The summed E-state index contributed by atoms with van der Waals surface area (Å²) in [6.45, 7) is 0. The molecule has 0 N–H and O–H groups in total. The molecule has 3 heteroatoms. The number of hydrogen-bond acceptors (Lipinski definition) is 1. The van der Waals surface area contributed by atoms with Crippen LogP contribution in [0.25, 0.3) is 87.7 Å². The zero-order valence-corrected chi connectivity index (χ0v) is 23.2. The van der Waals surface area contributed by atoms with Gasteiger partial charge in [-0.1, -0.05) is 91.0 Å². The molecule has 10 rings (SSSR count). The highest BCUT2D eigenvalue weighted by molar-refractivity contribution is 6.24. The molecule has 0 radical (unpaired) electrons. The SMILES string of the molecule is c1ccc(-n2c3cc4c(cc3c3ccc5c6ccccc6oc5c32)c2ccccc2n4-c2ccc3ccccc3c2)cc1. The average Bonchev–Trinajstić information content (AvgIpc) is 3.71. The monoisotopic (exact) mass is 548 g/mol. The molecule has 3 heterocycles. The first-order valence-electron chi connectivity index (χ1n) is 14.7. The van der Waals surface area contributed by atoms with Crippen LogP contribution in [0.1, 0.15) is 0 Å². The standard InChI is InChI=1S/C40H24N2O/c1-2-12-27(13-3-1)42-37-24-36-33(23-34(37)31-20-21-32-30-15-7-9-17-38(30)43-40(32)39(31)42)29-14-6-8-16-35(29)41(36)28-19-18-25-10-4-5-11-26(25)22-28/h1-24H. The van der Waals surface area contributed by atoms with E-state index in [-0.39, 0.29) is 0 Å². The molecule has 0 aliphatic carbocycles. The van der Waals surface area contributed by atoms with E-state index < -0.39 is 0 Å². The van der Waals surface area contributed by atoms with E-state index in [9.17, 15) is 0 Å². The van der Waals surface area contributed by atoms with Crippen molar-refractivity contribution in [2.75, 3.05) is 0 Å². The summed E-state index contributed by atoms with van der Waals surface area (Å²) in [7, 11) is 0. The highest BCUT2D eigenvalue weighted by Gasteiger charge is 2.21. The highest BCUT2D eigenvalue weighted by atomic mass is 16.3. The van der Waals surface area contributed by atoms with E-state index in [1.165, 1.54) is 43.4 Å². The van der Waals surface area contributed by atoms with Gasteiger partial charge in [-0.15, -0.1) is 0 Å². The summed E-state index contributed by atoms with van der Waals surface area (Å²) in [5, 5.41) is 9.66. The topological polar surface area (TPSA) is 23.0 Å². The van der Waals surface area contributed by atoms with Gasteiger partial charge in [-0.05, 0) is 65.4 Å². The van der Waals surface area contributed by atoms with Crippen LogP contribution in [-0.4, -0.2) is 9.13 Å². The second-order valence-electron chi connectivity index (χ2n) is 11.4. The molecule has 3 nitrogen and oxygen atoms in total. The van der Waals surface area contributed by atoms with Crippen LogP contribution in [0, 0.1) is 0 Å². The number of furan rings is 1. The molecule has 0 atom stereocenters. The van der Waals surface area contributed by atoms with Gasteiger partial charge in [0.05, 0.1) is 22.1 Å². The van der Waals surface area contributed by atoms with Gasteiger partial charge in [-0.25, -0.2) is 0 Å². The molecule has 0 fully saturated rings. The van der Waals surface area contributed by atoms with E-state index >= 15 is 0 Å².